The van der Waals surface area contributed by atoms with Gasteiger partial charge in [0.1, 0.15) is 0 Å². The molecule has 5 nitrogen and oxygen atoms in total. The van der Waals surface area contributed by atoms with Gasteiger partial charge in [0.25, 0.3) is 0 Å². The smallest absolute Gasteiger partial charge is 0.320 e. The van der Waals surface area contributed by atoms with Crippen molar-refractivity contribution >= 4 is 11.8 Å². The SMILES string of the molecule is Cc1ccc(CCNC(=O)Nc2cnccn2)cc1. The Hall–Kier alpha value is -2.43. The van der Waals surface area contributed by atoms with Gasteiger partial charge in [0.15, 0.2) is 5.82 Å². The summed E-state index contributed by atoms with van der Waals surface area (Å²) in [5.74, 6) is 0.440. The van der Waals surface area contributed by atoms with Crippen LogP contribution in [0.2, 0.25) is 0 Å². The van der Waals surface area contributed by atoms with Gasteiger partial charge in [-0.05, 0) is 18.9 Å². The first-order valence-corrected chi connectivity index (χ1v) is 6.10. The molecule has 2 N–H and O–H groups in total. The maximum Gasteiger partial charge on any atom is 0.320 e. The van der Waals surface area contributed by atoms with Gasteiger partial charge in [0.2, 0.25) is 0 Å². The lowest BCUT2D eigenvalue weighted by molar-refractivity contribution is 0.252. The third-order valence-electron chi connectivity index (χ3n) is 2.62. The number of rotatable bonds is 4. The minimum Gasteiger partial charge on any atom is -0.337 e. The standard InChI is InChI=1S/C14H16N4O/c1-11-2-4-12(5-3-11)6-7-17-14(19)18-13-10-15-8-9-16-13/h2-5,8-10H,6-7H2,1H3,(H2,16,17,18,19). The fraction of sp³-hybridized carbons (Fsp3) is 0.214. The van der Waals surface area contributed by atoms with Crippen LogP contribution in [0.5, 0.6) is 0 Å². The Morgan fingerprint density at radius 1 is 1.21 bits per heavy atom. The number of aromatic nitrogens is 2. The molecule has 0 atom stereocenters. The van der Waals surface area contributed by atoms with E-state index in [1.54, 1.807) is 6.20 Å². The Morgan fingerprint density at radius 3 is 2.68 bits per heavy atom. The van der Waals surface area contributed by atoms with Crippen LogP contribution in [0.25, 0.3) is 0 Å². The van der Waals surface area contributed by atoms with Gasteiger partial charge in [-0.25, -0.2) is 9.78 Å². The monoisotopic (exact) mass is 256 g/mol. The zero-order valence-electron chi connectivity index (χ0n) is 10.8. The van der Waals surface area contributed by atoms with Crippen LogP contribution in [0.1, 0.15) is 11.1 Å². The van der Waals surface area contributed by atoms with Crippen LogP contribution in [0, 0.1) is 6.92 Å². The lowest BCUT2D eigenvalue weighted by Gasteiger charge is -2.06. The number of nitrogens with zero attached hydrogens (tertiary/aromatic N) is 2. The molecule has 1 heterocycles. The van der Waals surface area contributed by atoms with Crippen LogP contribution in [0.3, 0.4) is 0 Å². The molecule has 1 aromatic heterocycles. The summed E-state index contributed by atoms with van der Waals surface area (Å²) in [6, 6.07) is 7.99. The van der Waals surface area contributed by atoms with Gasteiger partial charge in [-0.2, -0.15) is 0 Å². The molecule has 0 saturated carbocycles. The molecule has 0 unspecified atom stereocenters. The fourth-order valence-electron chi connectivity index (χ4n) is 1.60. The van der Waals surface area contributed by atoms with Crippen molar-refractivity contribution in [1.82, 2.24) is 15.3 Å². The third kappa shape index (κ3) is 4.39. The summed E-state index contributed by atoms with van der Waals surface area (Å²) in [7, 11) is 0. The molecule has 0 aliphatic heterocycles. The van der Waals surface area contributed by atoms with Crippen molar-refractivity contribution in [3.63, 3.8) is 0 Å². The maximum absolute atomic E-state index is 11.6. The first-order chi connectivity index (χ1) is 9.24. The average molecular weight is 256 g/mol. The van der Waals surface area contributed by atoms with E-state index in [1.165, 1.54) is 23.5 Å². The molecule has 0 fully saturated rings. The number of anilines is 1. The molecular weight excluding hydrogens is 240 g/mol. The molecule has 2 aromatic rings. The minimum absolute atomic E-state index is 0.271. The van der Waals surface area contributed by atoms with Crippen molar-refractivity contribution in [3.8, 4) is 0 Å². The van der Waals surface area contributed by atoms with Crippen molar-refractivity contribution in [2.24, 2.45) is 0 Å². The summed E-state index contributed by atoms with van der Waals surface area (Å²) in [5.41, 5.74) is 2.43. The van der Waals surface area contributed by atoms with Crippen LogP contribution in [0.4, 0.5) is 10.6 Å². The van der Waals surface area contributed by atoms with Crippen LogP contribution in [-0.4, -0.2) is 22.5 Å². The molecule has 5 heteroatoms. The third-order valence-corrected chi connectivity index (χ3v) is 2.62. The summed E-state index contributed by atoms with van der Waals surface area (Å²) < 4.78 is 0. The molecular formula is C14H16N4O. The summed E-state index contributed by atoms with van der Waals surface area (Å²) in [4.78, 5) is 19.4. The lowest BCUT2D eigenvalue weighted by atomic mass is 10.1. The van der Waals surface area contributed by atoms with Crippen molar-refractivity contribution < 1.29 is 4.79 Å². The minimum atomic E-state index is -0.271. The summed E-state index contributed by atoms with van der Waals surface area (Å²) in [6.45, 7) is 2.63. The highest BCUT2D eigenvalue weighted by atomic mass is 16.2. The maximum atomic E-state index is 11.6. The number of benzene rings is 1. The van der Waals surface area contributed by atoms with Gasteiger partial charge in [0.05, 0.1) is 6.20 Å². The second-order valence-corrected chi connectivity index (χ2v) is 4.21. The molecule has 0 radical (unpaired) electrons. The molecule has 0 aliphatic rings. The number of amides is 2. The molecule has 0 spiro atoms. The predicted molar refractivity (Wildman–Crippen MR) is 73.9 cm³/mol. The van der Waals surface area contributed by atoms with Crippen molar-refractivity contribution in [1.29, 1.82) is 0 Å². The van der Waals surface area contributed by atoms with Crippen LogP contribution < -0.4 is 10.6 Å². The Labute approximate surface area is 112 Å². The Morgan fingerprint density at radius 2 is 2.00 bits per heavy atom. The van der Waals surface area contributed by atoms with E-state index < -0.39 is 0 Å². The molecule has 98 valence electrons. The summed E-state index contributed by atoms with van der Waals surface area (Å²) in [5, 5.41) is 5.39. The topological polar surface area (TPSA) is 66.9 Å². The quantitative estimate of drug-likeness (QED) is 0.880. The molecule has 2 rings (SSSR count). The number of urea groups is 1. The highest BCUT2D eigenvalue weighted by molar-refractivity contribution is 5.87. The lowest BCUT2D eigenvalue weighted by Crippen LogP contribution is -2.30. The number of hydrogen-bond acceptors (Lipinski definition) is 3. The molecule has 1 aromatic carbocycles. The number of nitrogens with one attached hydrogen (secondary N) is 2. The van der Waals surface area contributed by atoms with Gasteiger partial charge in [0, 0.05) is 18.9 Å². The van der Waals surface area contributed by atoms with E-state index in [9.17, 15) is 4.79 Å². The first kappa shape index (κ1) is 13.0. The fourth-order valence-corrected chi connectivity index (χ4v) is 1.60. The van der Waals surface area contributed by atoms with Crippen LogP contribution in [0.15, 0.2) is 42.9 Å². The van der Waals surface area contributed by atoms with E-state index in [4.69, 9.17) is 0 Å². The van der Waals surface area contributed by atoms with Gasteiger partial charge in [-0.1, -0.05) is 29.8 Å². The molecule has 19 heavy (non-hydrogen) atoms. The highest BCUT2D eigenvalue weighted by Gasteiger charge is 2.01. The van der Waals surface area contributed by atoms with Gasteiger partial charge < -0.3 is 5.32 Å². The van der Waals surface area contributed by atoms with E-state index in [0.717, 1.165) is 6.42 Å². The normalized spacial score (nSPS) is 9.95. The Kier molecular flexibility index (Phi) is 4.44. The second kappa shape index (κ2) is 6.49. The van der Waals surface area contributed by atoms with Gasteiger partial charge >= 0.3 is 6.03 Å². The van der Waals surface area contributed by atoms with Crippen LogP contribution >= 0.6 is 0 Å². The van der Waals surface area contributed by atoms with E-state index in [0.29, 0.717) is 12.4 Å². The zero-order chi connectivity index (χ0) is 13.5. The van der Waals surface area contributed by atoms with E-state index in [-0.39, 0.29) is 6.03 Å². The number of hydrogen-bond donors (Lipinski definition) is 2. The van der Waals surface area contributed by atoms with Crippen molar-refractivity contribution in [3.05, 3.63) is 54.0 Å². The zero-order valence-corrected chi connectivity index (χ0v) is 10.8. The molecule has 0 aliphatic carbocycles. The highest BCUT2D eigenvalue weighted by Crippen LogP contribution is 2.03. The summed E-state index contributed by atoms with van der Waals surface area (Å²) >= 11 is 0. The van der Waals surface area contributed by atoms with Gasteiger partial charge in [-0.3, -0.25) is 10.3 Å². The summed E-state index contributed by atoms with van der Waals surface area (Å²) in [6.07, 6.45) is 5.39. The van der Waals surface area contributed by atoms with E-state index in [2.05, 4.69) is 51.8 Å². The largest absolute Gasteiger partial charge is 0.337 e. The molecule has 0 saturated heterocycles. The second-order valence-electron chi connectivity index (χ2n) is 4.21. The Bertz CT molecular complexity index is 525. The van der Waals surface area contributed by atoms with Crippen LogP contribution in [-0.2, 0) is 6.42 Å². The van der Waals surface area contributed by atoms with E-state index in [1.807, 2.05) is 0 Å². The average Bonchev–Trinajstić information content (AvgIpc) is 2.42. The molecule has 0 bridgehead atoms. The Balaban J connectivity index is 1.74. The van der Waals surface area contributed by atoms with Crippen molar-refractivity contribution in [2.75, 3.05) is 11.9 Å². The van der Waals surface area contributed by atoms with E-state index >= 15 is 0 Å². The number of carbonyl (C=O) groups excluding carboxylic acids is 1. The number of aryl methyl sites for hydroxylation is 1. The number of carbonyl (C=O) groups is 1. The predicted octanol–water partition coefficient (Wildman–Crippen LogP) is 2.15. The van der Waals surface area contributed by atoms with Gasteiger partial charge in [-0.15, -0.1) is 0 Å². The first-order valence-electron chi connectivity index (χ1n) is 6.10. The molecule has 2 amide bonds. The van der Waals surface area contributed by atoms with Crippen molar-refractivity contribution in [2.45, 2.75) is 13.3 Å².